The van der Waals surface area contributed by atoms with Crippen molar-refractivity contribution in [3.63, 3.8) is 0 Å². The van der Waals surface area contributed by atoms with Gasteiger partial charge in [-0.3, -0.25) is 4.79 Å². The first kappa shape index (κ1) is 29.4. The second-order valence-electron chi connectivity index (χ2n) is 9.73. The van der Waals surface area contributed by atoms with E-state index in [4.69, 9.17) is 9.47 Å². The Balaban J connectivity index is 1.66. The summed E-state index contributed by atoms with van der Waals surface area (Å²) in [4.78, 5) is 38.6. The molecule has 8 heteroatoms. The number of carbonyl (C=O) groups excluding carboxylic acids is 3. The number of esters is 1. The molecule has 0 heterocycles. The molecule has 0 aliphatic heterocycles. The van der Waals surface area contributed by atoms with Gasteiger partial charge in [-0.05, 0) is 35.4 Å². The number of aliphatic hydroxyl groups excluding tert-OH is 1. The normalized spacial score (nSPS) is 13.1. The quantitative estimate of drug-likeness (QED) is 0.285. The summed E-state index contributed by atoms with van der Waals surface area (Å²) in [6.45, 7) is 3.94. The topological polar surface area (TPSA) is 114 Å². The maximum atomic E-state index is 13.1. The highest BCUT2D eigenvalue weighted by atomic mass is 16.5. The van der Waals surface area contributed by atoms with Crippen molar-refractivity contribution in [3.05, 3.63) is 108 Å². The summed E-state index contributed by atoms with van der Waals surface area (Å²) >= 11 is 0. The van der Waals surface area contributed by atoms with Crippen LogP contribution in [0.3, 0.4) is 0 Å². The van der Waals surface area contributed by atoms with Crippen LogP contribution in [-0.2, 0) is 38.7 Å². The van der Waals surface area contributed by atoms with Gasteiger partial charge in [0.1, 0.15) is 19.3 Å². The molecule has 3 aromatic carbocycles. The van der Waals surface area contributed by atoms with Gasteiger partial charge in [-0.1, -0.05) is 105 Å². The van der Waals surface area contributed by atoms with E-state index in [-0.39, 0.29) is 25.6 Å². The SMILES string of the molecule is CC(C)C[C@H](NC(=O)[C@@H](O)[C@@H](Cc1ccccc1)NC(=O)OCc1ccccc1)C(=O)OCc1ccccc1. The van der Waals surface area contributed by atoms with Crippen LogP contribution in [0.2, 0.25) is 0 Å². The lowest BCUT2D eigenvalue weighted by Crippen LogP contribution is -2.55. The zero-order valence-electron chi connectivity index (χ0n) is 22.3. The van der Waals surface area contributed by atoms with Gasteiger partial charge in [-0.2, -0.15) is 0 Å². The third kappa shape index (κ3) is 10.2. The number of carbonyl (C=O) groups is 3. The van der Waals surface area contributed by atoms with Crippen molar-refractivity contribution in [3.8, 4) is 0 Å². The van der Waals surface area contributed by atoms with Crippen LogP contribution in [0.4, 0.5) is 4.79 Å². The fourth-order valence-corrected chi connectivity index (χ4v) is 3.98. The smallest absolute Gasteiger partial charge is 0.407 e. The maximum Gasteiger partial charge on any atom is 0.407 e. The Morgan fingerprint density at radius 2 is 1.21 bits per heavy atom. The summed E-state index contributed by atoms with van der Waals surface area (Å²) in [6.07, 6.45) is -1.93. The molecular weight excluding hydrogens is 496 g/mol. The van der Waals surface area contributed by atoms with Crippen molar-refractivity contribution in [2.45, 2.75) is 58.1 Å². The third-order valence-electron chi connectivity index (χ3n) is 6.00. The molecule has 0 fully saturated rings. The Morgan fingerprint density at radius 3 is 1.72 bits per heavy atom. The van der Waals surface area contributed by atoms with Crippen LogP contribution in [0.1, 0.15) is 37.0 Å². The molecule has 206 valence electrons. The first-order valence-corrected chi connectivity index (χ1v) is 13.0. The molecule has 0 bridgehead atoms. The van der Waals surface area contributed by atoms with Gasteiger partial charge in [0, 0.05) is 0 Å². The standard InChI is InChI=1S/C31H36N2O6/c1-22(2)18-27(30(36)38-20-24-14-8-4-9-15-24)32-29(35)28(34)26(19-23-12-6-3-7-13-23)33-31(37)39-21-25-16-10-5-11-17-25/h3-17,22,26-28,34H,18-21H2,1-2H3,(H,32,35)(H,33,37)/t26-,27+,28+/m1/s1. The highest BCUT2D eigenvalue weighted by Gasteiger charge is 2.32. The van der Waals surface area contributed by atoms with E-state index < -0.39 is 36.2 Å². The number of ether oxygens (including phenoxy) is 2. The summed E-state index contributed by atoms with van der Waals surface area (Å²) in [5.74, 6) is -1.31. The highest BCUT2D eigenvalue weighted by Crippen LogP contribution is 2.12. The van der Waals surface area contributed by atoms with Gasteiger partial charge in [0.15, 0.2) is 6.10 Å². The van der Waals surface area contributed by atoms with E-state index in [9.17, 15) is 19.5 Å². The molecule has 3 rings (SSSR count). The number of alkyl carbamates (subject to hydrolysis) is 1. The molecule has 0 saturated heterocycles. The molecule has 0 unspecified atom stereocenters. The molecule has 2 amide bonds. The lowest BCUT2D eigenvalue weighted by molar-refractivity contribution is -0.150. The van der Waals surface area contributed by atoms with E-state index in [2.05, 4.69) is 10.6 Å². The minimum atomic E-state index is -1.65. The molecule has 3 atom stereocenters. The Hall–Kier alpha value is -4.17. The molecule has 0 radical (unpaired) electrons. The molecule has 0 aliphatic rings. The van der Waals surface area contributed by atoms with Crippen LogP contribution < -0.4 is 10.6 Å². The summed E-state index contributed by atoms with van der Waals surface area (Å²) in [5.41, 5.74) is 2.43. The van der Waals surface area contributed by atoms with E-state index in [1.807, 2.05) is 105 Å². The zero-order valence-corrected chi connectivity index (χ0v) is 22.3. The average Bonchev–Trinajstić information content (AvgIpc) is 2.95. The first-order chi connectivity index (χ1) is 18.8. The summed E-state index contributed by atoms with van der Waals surface area (Å²) in [7, 11) is 0. The largest absolute Gasteiger partial charge is 0.459 e. The molecule has 39 heavy (non-hydrogen) atoms. The minimum Gasteiger partial charge on any atom is -0.459 e. The lowest BCUT2D eigenvalue weighted by atomic mass is 9.99. The number of aliphatic hydroxyl groups is 1. The molecule has 0 aromatic heterocycles. The van der Waals surface area contributed by atoms with Gasteiger partial charge in [-0.15, -0.1) is 0 Å². The van der Waals surface area contributed by atoms with Crippen LogP contribution in [0.5, 0.6) is 0 Å². The molecule has 3 N–H and O–H groups in total. The van der Waals surface area contributed by atoms with Crippen molar-refractivity contribution in [1.29, 1.82) is 0 Å². The van der Waals surface area contributed by atoms with Gasteiger partial charge >= 0.3 is 12.1 Å². The average molecular weight is 533 g/mol. The number of hydrogen-bond donors (Lipinski definition) is 3. The summed E-state index contributed by atoms with van der Waals surface area (Å²) in [5, 5.41) is 16.3. The molecule has 3 aromatic rings. The molecular formula is C31H36N2O6. The monoisotopic (exact) mass is 532 g/mol. The first-order valence-electron chi connectivity index (χ1n) is 13.0. The van der Waals surface area contributed by atoms with Gasteiger partial charge in [-0.25, -0.2) is 9.59 Å². The second-order valence-corrected chi connectivity index (χ2v) is 9.73. The van der Waals surface area contributed by atoms with Gasteiger partial charge in [0.05, 0.1) is 6.04 Å². The number of nitrogens with one attached hydrogen (secondary N) is 2. The van der Waals surface area contributed by atoms with E-state index in [0.717, 1.165) is 16.7 Å². The predicted octanol–water partition coefficient (Wildman–Crippen LogP) is 4.16. The summed E-state index contributed by atoms with van der Waals surface area (Å²) in [6, 6.07) is 25.6. The fourth-order valence-electron chi connectivity index (χ4n) is 3.98. The minimum absolute atomic E-state index is 0.0384. The Bertz CT molecular complexity index is 1170. The molecule has 0 saturated carbocycles. The number of rotatable bonds is 13. The number of hydrogen-bond acceptors (Lipinski definition) is 6. The van der Waals surface area contributed by atoms with E-state index in [1.54, 1.807) is 0 Å². The fraction of sp³-hybridized carbons (Fsp3) is 0.323. The number of amides is 2. The van der Waals surface area contributed by atoms with Crippen molar-refractivity contribution in [2.24, 2.45) is 5.92 Å². The van der Waals surface area contributed by atoms with Crippen molar-refractivity contribution in [1.82, 2.24) is 10.6 Å². The summed E-state index contributed by atoms with van der Waals surface area (Å²) < 4.78 is 10.7. The van der Waals surface area contributed by atoms with Crippen molar-refractivity contribution < 1.29 is 29.0 Å². The third-order valence-corrected chi connectivity index (χ3v) is 6.00. The van der Waals surface area contributed by atoms with Crippen LogP contribution in [-0.4, -0.2) is 41.3 Å². The van der Waals surface area contributed by atoms with Gasteiger partial charge in [0.2, 0.25) is 0 Å². The highest BCUT2D eigenvalue weighted by molar-refractivity contribution is 5.87. The second kappa shape index (κ2) is 15.3. The predicted molar refractivity (Wildman–Crippen MR) is 147 cm³/mol. The zero-order chi connectivity index (χ0) is 28.0. The van der Waals surface area contributed by atoms with Crippen LogP contribution >= 0.6 is 0 Å². The van der Waals surface area contributed by atoms with Crippen LogP contribution in [0, 0.1) is 5.92 Å². The van der Waals surface area contributed by atoms with Gasteiger partial charge in [0.25, 0.3) is 5.91 Å². The number of benzene rings is 3. The van der Waals surface area contributed by atoms with Crippen LogP contribution in [0.15, 0.2) is 91.0 Å². The van der Waals surface area contributed by atoms with Crippen molar-refractivity contribution >= 4 is 18.0 Å². The molecule has 0 aliphatic carbocycles. The lowest BCUT2D eigenvalue weighted by Gasteiger charge is -2.26. The Labute approximate surface area is 229 Å². The van der Waals surface area contributed by atoms with Crippen LogP contribution in [0.25, 0.3) is 0 Å². The van der Waals surface area contributed by atoms with Crippen molar-refractivity contribution in [2.75, 3.05) is 0 Å². The van der Waals surface area contributed by atoms with E-state index in [1.165, 1.54) is 0 Å². The molecule has 8 nitrogen and oxygen atoms in total. The maximum absolute atomic E-state index is 13.1. The molecule has 0 spiro atoms. The Morgan fingerprint density at radius 1 is 0.718 bits per heavy atom. The van der Waals surface area contributed by atoms with E-state index in [0.29, 0.717) is 6.42 Å². The Kier molecular flexibility index (Phi) is 11.5. The van der Waals surface area contributed by atoms with Gasteiger partial charge < -0.3 is 25.2 Å². The van der Waals surface area contributed by atoms with E-state index >= 15 is 0 Å².